The van der Waals surface area contributed by atoms with Crippen molar-refractivity contribution in [2.24, 2.45) is 5.92 Å². The summed E-state index contributed by atoms with van der Waals surface area (Å²) in [6.45, 7) is 7.27. The lowest BCUT2D eigenvalue weighted by atomic mass is 10.0. The number of anilines is 1. The number of hydrogen-bond donors (Lipinski definition) is 2. The zero-order valence-corrected chi connectivity index (χ0v) is 30.0. The molecule has 262 valence electrons. The van der Waals surface area contributed by atoms with Crippen LogP contribution in [0.15, 0.2) is 47.4 Å². The second kappa shape index (κ2) is 18.0. The van der Waals surface area contributed by atoms with Gasteiger partial charge in [-0.2, -0.15) is 0 Å². The Bertz CT molecular complexity index is 1420. The molecule has 1 aliphatic heterocycles. The third-order valence-corrected chi connectivity index (χ3v) is 9.95. The van der Waals surface area contributed by atoms with Crippen LogP contribution in [-0.2, 0) is 19.6 Å². The van der Waals surface area contributed by atoms with Crippen molar-refractivity contribution in [1.29, 1.82) is 0 Å². The van der Waals surface area contributed by atoms with Crippen LogP contribution in [0, 0.1) is 5.92 Å². The predicted octanol–water partition coefficient (Wildman–Crippen LogP) is 4.74. The molecule has 0 fully saturated rings. The fourth-order valence-electron chi connectivity index (χ4n) is 5.39. The summed E-state index contributed by atoms with van der Waals surface area (Å²) in [6.07, 6.45) is 2.94. The Kier molecular flexibility index (Phi) is 14.8. The minimum atomic E-state index is -3.98. The monoisotopic (exact) mass is 694 g/mol. The maximum Gasteiger partial charge on any atom is 0.261 e. The van der Waals surface area contributed by atoms with Crippen LogP contribution in [-0.4, -0.2) is 112 Å². The van der Waals surface area contributed by atoms with Gasteiger partial charge in [-0.05, 0) is 103 Å². The third-order valence-electron chi connectivity index (χ3n) is 8.30. The molecular weight excluding hydrogens is 644 g/mol. The number of hydrogen-bond acceptors (Lipinski definition) is 8. The first-order chi connectivity index (χ1) is 22.2. The van der Waals surface area contributed by atoms with Crippen molar-refractivity contribution in [3.63, 3.8) is 0 Å². The molecule has 0 aliphatic carbocycles. The number of ether oxygens (including phenoxy) is 2. The summed E-state index contributed by atoms with van der Waals surface area (Å²) >= 11 is 5.94. The van der Waals surface area contributed by atoms with Gasteiger partial charge in [0.05, 0.1) is 35.3 Å². The van der Waals surface area contributed by atoms with Crippen molar-refractivity contribution >= 4 is 39.1 Å². The van der Waals surface area contributed by atoms with Gasteiger partial charge < -0.3 is 29.3 Å². The van der Waals surface area contributed by atoms with Crippen molar-refractivity contribution in [3.05, 3.63) is 53.1 Å². The second-order valence-corrected chi connectivity index (χ2v) is 14.9. The number of aliphatic hydroxyl groups is 1. The van der Waals surface area contributed by atoms with Gasteiger partial charge in [0.25, 0.3) is 15.9 Å². The molecule has 13 heteroatoms. The van der Waals surface area contributed by atoms with Crippen molar-refractivity contribution in [3.8, 4) is 5.75 Å². The van der Waals surface area contributed by atoms with E-state index in [0.29, 0.717) is 36.8 Å². The Morgan fingerprint density at radius 2 is 1.83 bits per heavy atom. The number of aliphatic hydroxyl groups excluding tert-OH is 1. The molecule has 3 rings (SSSR count). The fraction of sp³-hybridized carbons (Fsp3) is 0.588. The van der Waals surface area contributed by atoms with Gasteiger partial charge in [-0.25, -0.2) is 8.42 Å². The van der Waals surface area contributed by atoms with Gasteiger partial charge in [0, 0.05) is 49.8 Å². The molecule has 0 radical (unpaired) electrons. The van der Waals surface area contributed by atoms with Gasteiger partial charge in [0.15, 0.2) is 0 Å². The smallest absolute Gasteiger partial charge is 0.261 e. The van der Waals surface area contributed by atoms with Crippen molar-refractivity contribution in [2.45, 2.75) is 76.0 Å². The highest BCUT2D eigenvalue weighted by Gasteiger charge is 2.31. The van der Waals surface area contributed by atoms with E-state index in [1.54, 1.807) is 35.9 Å². The molecule has 1 aliphatic rings. The average Bonchev–Trinajstić information content (AvgIpc) is 3.02. The summed E-state index contributed by atoms with van der Waals surface area (Å²) in [5.41, 5.74) is 0.355. The lowest BCUT2D eigenvalue weighted by molar-refractivity contribution is -0.132. The summed E-state index contributed by atoms with van der Waals surface area (Å²) in [5.74, 6) is -0.264. The quantitative estimate of drug-likeness (QED) is 0.346. The zero-order chi connectivity index (χ0) is 34.7. The number of rotatable bonds is 11. The van der Waals surface area contributed by atoms with E-state index in [1.165, 1.54) is 30.3 Å². The van der Waals surface area contributed by atoms with E-state index in [-0.39, 0.29) is 53.3 Å². The van der Waals surface area contributed by atoms with E-state index in [2.05, 4.69) is 4.72 Å². The second-order valence-electron chi connectivity index (χ2n) is 12.8. The number of likely N-dealkylation sites (N-methyl/N-ethyl adjacent to an activating group) is 1. The molecule has 0 saturated heterocycles. The van der Waals surface area contributed by atoms with Gasteiger partial charge in [-0.3, -0.25) is 14.3 Å². The third kappa shape index (κ3) is 11.6. The Balaban J connectivity index is 1.93. The fourth-order valence-corrected chi connectivity index (χ4v) is 6.56. The topological polar surface area (TPSA) is 129 Å². The Morgan fingerprint density at radius 1 is 1.13 bits per heavy atom. The molecule has 2 N–H and O–H groups in total. The van der Waals surface area contributed by atoms with Crippen LogP contribution < -0.4 is 9.46 Å². The van der Waals surface area contributed by atoms with Crippen LogP contribution in [0.5, 0.6) is 5.75 Å². The maximum absolute atomic E-state index is 14.3. The van der Waals surface area contributed by atoms with Crippen LogP contribution in [0.4, 0.5) is 5.69 Å². The molecule has 0 saturated carbocycles. The van der Waals surface area contributed by atoms with E-state index < -0.39 is 22.0 Å². The molecule has 2 amide bonds. The normalized spacial score (nSPS) is 20.6. The first-order valence-electron chi connectivity index (χ1n) is 16.2. The summed E-state index contributed by atoms with van der Waals surface area (Å²) in [4.78, 5) is 32.6. The first-order valence-corrected chi connectivity index (χ1v) is 18.1. The molecule has 11 nitrogen and oxygen atoms in total. The number of carbonyl (C=O) groups is 2. The predicted molar refractivity (Wildman–Crippen MR) is 185 cm³/mol. The number of fused-ring (bicyclic) bond motifs is 1. The Labute approximate surface area is 285 Å². The molecule has 2 aromatic rings. The molecule has 0 unspecified atom stereocenters. The van der Waals surface area contributed by atoms with Gasteiger partial charge in [-0.15, -0.1) is 0 Å². The molecule has 2 aromatic carbocycles. The number of carbonyl (C=O) groups excluding carboxylic acids is 2. The maximum atomic E-state index is 14.3. The highest BCUT2D eigenvalue weighted by molar-refractivity contribution is 7.92. The summed E-state index contributed by atoms with van der Waals surface area (Å²) in [5, 5.41) is 10.6. The van der Waals surface area contributed by atoms with Crippen LogP contribution >= 0.6 is 11.6 Å². The van der Waals surface area contributed by atoms with Crippen LogP contribution in [0.25, 0.3) is 0 Å². The van der Waals surface area contributed by atoms with Crippen LogP contribution in [0.1, 0.15) is 63.2 Å². The van der Waals surface area contributed by atoms with Crippen LogP contribution in [0.2, 0.25) is 5.02 Å². The van der Waals surface area contributed by atoms with Gasteiger partial charge in [0.1, 0.15) is 5.75 Å². The van der Waals surface area contributed by atoms with Gasteiger partial charge >= 0.3 is 0 Å². The van der Waals surface area contributed by atoms with E-state index in [9.17, 15) is 23.1 Å². The van der Waals surface area contributed by atoms with Crippen molar-refractivity contribution in [2.75, 3.05) is 58.7 Å². The first kappa shape index (κ1) is 38.5. The summed E-state index contributed by atoms with van der Waals surface area (Å²) in [6, 6.07) is 9.85. The molecule has 0 bridgehead atoms. The highest BCUT2D eigenvalue weighted by atomic mass is 35.5. The Morgan fingerprint density at radius 3 is 2.49 bits per heavy atom. The molecular formula is C34H51ClN4O7S. The number of sulfonamides is 1. The Hall–Kier alpha value is -2.90. The van der Waals surface area contributed by atoms with Crippen molar-refractivity contribution < 1.29 is 32.6 Å². The molecule has 47 heavy (non-hydrogen) atoms. The minimum absolute atomic E-state index is 0.0229. The SMILES string of the molecule is C[C@@H]1CCCCO[C@@H](CN(C)C(=O)CCCN(C)C)[C@H](C)CN([C@@H](C)CO)C(=O)c2cc(NS(=O)(=O)c3ccc(Cl)cc3)ccc2O1. The molecule has 0 aromatic heterocycles. The molecule has 4 atom stereocenters. The van der Waals surface area contributed by atoms with E-state index in [1.807, 2.05) is 32.8 Å². The minimum Gasteiger partial charge on any atom is -0.490 e. The standard InChI is InChI=1S/C34H51ClN4O7S/c1-24-21-39(25(2)23-40)34(42)30-20-28(36-47(43,44)29-15-12-27(35)13-16-29)14-17-31(30)46-26(3)10-7-8-19-45-32(24)22-38(6)33(41)11-9-18-37(4)5/h12-17,20,24-26,32,36,40H,7-11,18-19,21-23H2,1-6H3/t24-,25+,26-,32+/m1/s1. The number of amides is 2. The molecule has 0 spiro atoms. The number of nitrogens with zero attached hydrogens (tertiary/aromatic N) is 3. The summed E-state index contributed by atoms with van der Waals surface area (Å²) in [7, 11) is 1.75. The van der Waals surface area contributed by atoms with Gasteiger partial charge in [0.2, 0.25) is 5.91 Å². The summed E-state index contributed by atoms with van der Waals surface area (Å²) < 4.78 is 41.5. The number of nitrogens with one attached hydrogen (secondary N) is 1. The van der Waals surface area contributed by atoms with Gasteiger partial charge in [-0.1, -0.05) is 18.5 Å². The average molecular weight is 695 g/mol. The van der Waals surface area contributed by atoms with E-state index in [0.717, 1.165) is 25.8 Å². The highest BCUT2D eigenvalue weighted by Crippen LogP contribution is 2.30. The number of benzene rings is 2. The van der Waals surface area contributed by atoms with E-state index >= 15 is 0 Å². The number of halogens is 1. The van der Waals surface area contributed by atoms with E-state index in [4.69, 9.17) is 21.1 Å². The van der Waals surface area contributed by atoms with Crippen LogP contribution in [0.3, 0.4) is 0 Å². The molecule has 1 heterocycles. The van der Waals surface area contributed by atoms with Crippen molar-refractivity contribution in [1.82, 2.24) is 14.7 Å². The lowest BCUT2D eigenvalue weighted by Crippen LogP contribution is -2.48. The largest absolute Gasteiger partial charge is 0.490 e. The zero-order valence-electron chi connectivity index (χ0n) is 28.4. The lowest BCUT2D eigenvalue weighted by Gasteiger charge is -2.36.